The SMILES string of the molecule is CC(C)(C(=O)Nc1cc(Cl)ccc1Cl)C(=O)N1CCc2ccccc2C1. The van der Waals surface area contributed by atoms with Gasteiger partial charge < -0.3 is 10.2 Å². The third-order valence-corrected chi connectivity index (χ3v) is 5.26. The van der Waals surface area contributed by atoms with Crippen molar-refractivity contribution >= 4 is 40.7 Å². The second-order valence-electron chi connectivity index (χ2n) is 6.95. The highest BCUT2D eigenvalue weighted by Gasteiger charge is 2.40. The van der Waals surface area contributed by atoms with Crippen LogP contribution in [0.4, 0.5) is 5.69 Å². The van der Waals surface area contributed by atoms with Crippen molar-refractivity contribution in [3.8, 4) is 0 Å². The third kappa shape index (κ3) is 3.71. The highest BCUT2D eigenvalue weighted by Crippen LogP contribution is 2.30. The molecule has 2 aromatic carbocycles. The van der Waals surface area contributed by atoms with E-state index in [1.165, 1.54) is 5.56 Å². The van der Waals surface area contributed by atoms with Crippen molar-refractivity contribution in [1.29, 1.82) is 0 Å². The lowest BCUT2D eigenvalue weighted by molar-refractivity contribution is -0.147. The van der Waals surface area contributed by atoms with Crippen LogP contribution in [0.25, 0.3) is 0 Å². The van der Waals surface area contributed by atoms with Gasteiger partial charge in [0.15, 0.2) is 0 Å². The van der Waals surface area contributed by atoms with E-state index in [0.29, 0.717) is 28.8 Å². The molecule has 0 aromatic heterocycles. The monoisotopic (exact) mass is 390 g/mol. The summed E-state index contributed by atoms with van der Waals surface area (Å²) in [5, 5.41) is 3.56. The van der Waals surface area contributed by atoms with Gasteiger partial charge in [0.1, 0.15) is 5.41 Å². The molecule has 0 radical (unpaired) electrons. The lowest BCUT2D eigenvalue weighted by Crippen LogP contribution is -2.48. The van der Waals surface area contributed by atoms with Crippen LogP contribution in [0.5, 0.6) is 0 Å². The number of carbonyl (C=O) groups excluding carboxylic acids is 2. The highest BCUT2D eigenvalue weighted by molar-refractivity contribution is 6.35. The third-order valence-electron chi connectivity index (χ3n) is 4.70. The number of nitrogens with zero attached hydrogens (tertiary/aromatic N) is 1. The number of halogens is 2. The summed E-state index contributed by atoms with van der Waals surface area (Å²) in [6.45, 7) is 4.38. The van der Waals surface area contributed by atoms with Crippen LogP contribution in [0.15, 0.2) is 42.5 Å². The quantitative estimate of drug-likeness (QED) is 0.781. The molecule has 0 bridgehead atoms. The zero-order valence-electron chi connectivity index (χ0n) is 14.7. The summed E-state index contributed by atoms with van der Waals surface area (Å²) in [6.07, 6.45) is 0.791. The van der Waals surface area contributed by atoms with Crippen molar-refractivity contribution in [3.63, 3.8) is 0 Å². The number of hydrogen-bond acceptors (Lipinski definition) is 2. The Morgan fingerprint density at radius 3 is 2.50 bits per heavy atom. The minimum Gasteiger partial charge on any atom is -0.337 e. The standard InChI is InChI=1S/C20H20Cl2N2O2/c1-20(2,18(25)23-17-11-15(21)7-8-16(17)22)19(26)24-10-9-13-5-3-4-6-14(13)12-24/h3-8,11H,9-10,12H2,1-2H3,(H,23,25). The minimum atomic E-state index is -1.22. The van der Waals surface area contributed by atoms with Gasteiger partial charge in [-0.15, -0.1) is 0 Å². The smallest absolute Gasteiger partial charge is 0.239 e. The van der Waals surface area contributed by atoms with Crippen molar-refractivity contribution in [2.24, 2.45) is 5.41 Å². The molecule has 26 heavy (non-hydrogen) atoms. The topological polar surface area (TPSA) is 49.4 Å². The normalized spacial score (nSPS) is 13.9. The number of hydrogen-bond donors (Lipinski definition) is 1. The maximum Gasteiger partial charge on any atom is 0.239 e. The van der Waals surface area contributed by atoms with Crippen molar-refractivity contribution in [2.75, 3.05) is 11.9 Å². The molecule has 6 heteroatoms. The van der Waals surface area contributed by atoms with E-state index in [4.69, 9.17) is 23.2 Å². The second-order valence-corrected chi connectivity index (χ2v) is 7.79. The first-order valence-corrected chi connectivity index (χ1v) is 9.17. The Morgan fingerprint density at radius 2 is 1.77 bits per heavy atom. The molecule has 0 saturated heterocycles. The van der Waals surface area contributed by atoms with Crippen LogP contribution in [0.2, 0.25) is 10.0 Å². The molecular weight excluding hydrogens is 371 g/mol. The van der Waals surface area contributed by atoms with Crippen LogP contribution in [-0.4, -0.2) is 23.3 Å². The average molecular weight is 391 g/mol. The number of carbonyl (C=O) groups is 2. The predicted octanol–water partition coefficient (Wildman–Crippen LogP) is 4.54. The van der Waals surface area contributed by atoms with Crippen molar-refractivity contribution in [2.45, 2.75) is 26.8 Å². The first kappa shape index (κ1) is 18.7. The Hall–Kier alpha value is -2.04. The molecule has 4 nitrogen and oxygen atoms in total. The Bertz CT molecular complexity index is 865. The number of rotatable bonds is 3. The maximum atomic E-state index is 13.0. The Morgan fingerprint density at radius 1 is 1.08 bits per heavy atom. The molecule has 136 valence electrons. The molecule has 1 N–H and O–H groups in total. The molecule has 1 aliphatic heterocycles. The van der Waals surface area contributed by atoms with E-state index < -0.39 is 11.3 Å². The Balaban J connectivity index is 1.75. The zero-order chi connectivity index (χ0) is 18.9. The lowest BCUT2D eigenvalue weighted by Gasteiger charge is -2.34. The fourth-order valence-electron chi connectivity index (χ4n) is 3.03. The van der Waals surface area contributed by atoms with Crippen molar-refractivity contribution in [3.05, 3.63) is 63.6 Å². The van der Waals surface area contributed by atoms with Gasteiger partial charge in [-0.25, -0.2) is 0 Å². The number of benzene rings is 2. The van der Waals surface area contributed by atoms with Crippen LogP contribution >= 0.6 is 23.2 Å². The summed E-state index contributed by atoms with van der Waals surface area (Å²) in [6, 6.07) is 12.9. The van der Waals surface area contributed by atoms with Gasteiger partial charge in [-0.05, 0) is 49.6 Å². The van der Waals surface area contributed by atoms with E-state index >= 15 is 0 Å². The predicted molar refractivity (Wildman–Crippen MR) is 104 cm³/mol. The molecule has 0 saturated carbocycles. The van der Waals surface area contributed by atoms with Crippen LogP contribution < -0.4 is 5.32 Å². The van der Waals surface area contributed by atoms with E-state index in [9.17, 15) is 9.59 Å². The summed E-state index contributed by atoms with van der Waals surface area (Å²) >= 11 is 12.1. The van der Waals surface area contributed by atoms with E-state index in [0.717, 1.165) is 12.0 Å². The molecule has 1 heterocycles. The van der Waals surface area contributed by atoms with Crippen LogP contribution in [0, 0.1) is 5.41 Å². The summed E-state index contributed by atoms with van der Waals surface area (Å²) in [5.41, 5.74) is 1.55. The van der Waals surface area contributed by atoms with Gasteiger partial charge >= 0.3 is 0 Å². The van der Waals surface area contributed by atoms with E-state index in [1.807, 2.05) is 18.2 Å². The number of nitrogens with one attached hydrogen (secondary N) is 1. The van der Waals surface area contributed by atoms with Crippen LogP contribution in [0.3, 0.4) is 0 Å². The van der Waals surface area contributed by atoms with Gasteiger partial charge in [-0.1, -0.05) is 47.5 Å². The number of fused-ring (bicyclic) bond motifs is 1. The molecule has 0 aliphatic carbocycles. The molecule has 0 spiro atoms. The Labute approximate surface area is 163 Å². The first-order chi connectivity index (χ1) is 12.3. The first-order valence-electron chi connectivity index (χ1n) is 8.41. The molecule has 0 atom stereocenters. The van der Waals surface area contributed by atoms with Gasteiger partial charge in [0.2, 0.25) is 11.8 Å². The average Bonchev–Trinajstić information content (AvgIpc) is 2.63. The molecule has 3 rings (SSSR count). The molecule has 0 unspecified atom stereocenters. The van der Waals surface area contributed by atoms with Crippen molar-refractivity contribution < 1.29 is 9.59 Å². The highest BCUT2D eigenvalue weighted by atomic mass is 35.5. The van der Waals surface area contributed by atoms with E-state index in [2.05, 4.69) is 11.4 Å². The summed E-state index contributed by atoms with van der Waals surface area (Å²) < 4.78 is 0. The summed E-state index contributed by atoms with van der Waals surface area (Å²) in [7, 11) is 0. The lowest BCUT2D eigenvalue weighted by atomic mass is 9.88. The van der Waals surface area contributed by atoms with Gasteiger partial charge in [0, 0.05) is 18.1 Å². The number of amides is 2. The van der Waals surface area contributed by atoms with Gasteiger partial charge in [-0.3, -0.25) is 9.59 Å². The van der Waals surface area contributed by atoms with Crippen LogP contribution in [-0.2, 0) is 22.6 Å². The summed E-state index contributed by atoms with van der Waals surface area (Å²) in [4.78, 5) is 27.5. The minimum absolute atomic E-state index is 0.206. The number of anilines is 1. The van der Waals surface area contributed by atoms with Gasteiger partial charge in [0.05, 0.1) is 10.7 Å². The molecule has 2 amide bonds. The molecular formula is C20H20Cl2N2O2. The molecule has 0 fully saturated rings. The zero-order valence-corrected chi connectivity index (χ0v) is 16.2. The van der Waals surface area contributed by atoms with Crippen LogP contribution in [0.1, 0.15) is 25.0 Å². The Kier molecular flexibility index (Phi) is 5.26. The molecule has 2 aromatic rings. The van der Waals surface area contributed by atoms with E-state index in [1.54, 1.807) is 36.9 Å². The molecule has 1 aliphatic rings. The van der Waals surface area contributed by atoms with Gasteiger partial charge in [0.25, 0.3) is 0 Å². The maximum absolute atomic E-state index is 13.0. The summed E-state index contributed by atoms with van der Waals surface area (Å²) in [5.74, 6) is -0.617. The largest absolute Gasteiger partial charge is 0.337 e. The fraction of sp³-hybridized carbons (Fsp3) is 0.300. The fourth-order valence-corrected chi connectivity index (χ4v) is 3.37. The second kappa shape index (κ2) is 7.29. The van der Waals surface area contributed by atoms with Gasteiger partial charge in [-0.2, -0.15) is 0 Å². The van der Waals surface area contributed by atoms with E-state index in [-0.39, 0.29) is 5.91 Å². The van der Waals surface area contributed by atoms with Crippen molar-refractivity contribution in [1.82, 2.24) is 4.90 Å².